The molecule has 0 saturated carbocycles. The molecule has 1 N–H and O–H groups in total. The third kappa shape index (κ3) is 2.65. The van der Waals surface area contributed by atoms with Crippen molar-refractivity contribution in [2.75, 3.05) is 0 Å². The lowest BCUT2D eigenvalue weighted by atomic mass is 10.0. The van der Waals surface area contributed by atoms with Crippen molar-refractivity contribution in [3.63, 3.8) is 0 Å². The zero-order chi connectivity index (χ0) is 15.1. The molecule has 1 aliphatic rings. The second-order valence-corrected chi connectivity index (χ2v) is 6.90. The van der Waals surface area contributed by atoms with Gasteiger partial charge in [0.15, 0.2) is 0 Å². The van der Waals surface area contributed by atoms with Gasteiger partial charge >= 0.3 is 6.03 Å². The highest BCUT2D eigenvalue weighted by Gasteiger charge is 2.41. The van der Waals surface area contributed by atoms with Crippen molar-refractivity contribution in [3.8, 4) is 0 Å². The molecule has 0 aromatic carbocycles. The average molecular weight is 292 g/mol. The van der Waals surface area contributed by atoms with Crippen LogP contribution in [0.3, 0.4) is 0 Å². The highest BCUT2D eigenvalue weighted by atomic mass is 32.1. The molecule has 1 aliphatic heterocycles. The molecular formula is C14H16N2O3S. The van der Waals surface area contributed by atoms with Gasteiger partial charge in [0.2, 0.25) is 0 Å². The predicted molar refractivity (Wildman–Crippen MR) is 77.2 cm³/mol. The Kier molecular flexibility index (Phi) is 3.52. The fraction of sp³-hybridized carbons (Fsp3) is 0.357. The van der Waals surface area contributed by atoms with Gasteiger partial charge in [-0.1, -0.05) is 0 Å². The van der Waals surface area contributed by atoms with Gasteiger partial charge < -0.3 is 0 Å². The zero-order valence-corrected chi connectivity index (χ0v) is 12.6. The summed E-state index contributed by atoms with van der Waals surface area (Å²) >= 11 is 1.48. The van der Waals surface area contributed by atoms with Crippen molar-refractivity contribution in [2.24, 2.45) is 0 Å². The van der Waals surface area contributed by atoms with Crippen LogP contribution in [0.25, 0.3) is 6.08 Å². The van der Waals surface area contributed by atoms with E-state index >= 15 is 0 Å². The molecular weight excluding hydrogens is 276 g/mol. The van der Waals surface area contributed by atoms with Crippen molar-refractivity contribution in [2.45, 2.75) is 33.2 Å². The maximum atomic E-state index is 12.4. The minimum absolute atomic E-state index is 0.0126. The monoisotopic (exact) mass is 292 g/mol. The number of aryl methyl sites for hydroxylation is 1. The lowest BCUT2D eigenvalue weighted by Gasteiger charge is -2.36. The molecule has 4 amide bonds. The van der Waals surface area contributed by atoms with Crippen LogP contribution in [0.1, 0.15) is 30.5 Å². The van der Waals surface area contributed by atoms with Crippen LogP contribution >= 0.6 is 11.3 Å². The Morgan fingerprint density at radius 3 is 2.35 bits per heavy atom. The van der Waals surface area contributed by atoms with Gasteiger partial charge in [-0.25, -0.2) is 4.79 Å². The summed E-state index contributed by atoms with van der Waals surface area (Å²) in [5.74, 6) is -1.20. The Hall–Kier alpha value is -1.95. The first-order valence-electron chi connectivity index (χ1n) is 6.18. The Morgan fingerprint density at radius 2 is 1.85 bits per heavy atom. The summed E-state index contributed by atoms with van der Waals surface area (Å²) in [7, 11) is 0. The minimum Gasteiger partial charge on any atom is -0.273 e. The van der Waals surface area contributed by atoms with E-state index in [4.69, 9.17) is 0 Å². The minimum atomic E-state index is -0.688. The predicted octanol–water partition coefficient (Wildman–Crippen LogP) is 2.32. The van der Waals surface area contributed by atoms with Gasteiger partial charge in [0, 0.05) is 15.3 Å². The smallest absolute Gasteiger partial charge is 0.273 e. The molecule has 1 aromatic heterocycles. The molecule has 1 aromatic rings. The molecule has 0 atom stereocenters. The van der Waals surface area contributed by atoms with Crippen LogP contribution in [-0.2, 0) is 9.59 Å². The molecule has 0 unspecified atom stereocenters. The average Bonchev–Trinajstić information content (AvgIpc) is 2.67. The van der Waals surface area contributed by atoms with Gasteiger partial charge in [-0.3, -0.25) is 19.8 Å². The van der Waals surface area contributed by atoms with Crippen molar-refractivity contribution in [1.82, 2.24) is 10.2 Å². The molecule has 2 heterocycles. The van der Waals surface area contributed by atoms with E-state index in [0.29, 0.717) is 0 Å². The molecule has 0 radical (unpaired) electrons. The van der Waals surface area contributed by atoms with Crippen LogP contribution in [0.4, 0.5) is 4.79 Å². The molecule has 106 valence electrons. The molecule has 5 nitrogen and oxygen atoms in total. The maximum absolute atomic E-state index is 12.4. The fourth-order valence-corrected chi connectivity index (χ4v) is 2.76. The summed E-state index contributed by atoms with van der Waals surface area (Å²) in [5, 5.41) is 2.21. The van der Waals surface area contributed by atoms with E-state index < -0.39 is 23.4 Å². The Bertz CT molecular complexity index is 623. The largest absolute Gasteiger partial charge is 0.331 e. The number of barbiturate groups is 1. The number of hydrogen-bond acceptors (Lipinski definition) is 4. The summed E-state index contributed by atoms with van der Waals surface area (Å²) in [6, 6.07) is 3.08. The van der Waals surface area contributed by atoms with Crippen molar-refractivity contribution in [3.05, 3.63) is 27.5 Å². The van der Waals surface area contributed by atoms with E-state index in [1.165, 1.54) is 17.4 Å². The third-order valence-corrected chi connectivity index (χ3v) is 3.77. The van der Waals surface area contributed by atoms with Crippen LogP contribution in [-0.4, -0.2) is 28.3 Å². The first-order valence-corrected chi connectivity index (χ1v) is 7.00. The summed E-state index contributed by atoms with van der Waals surface area (Å²) in [4.78, 5) is 39.0. The number of hydrogen-bond donors (Lipinski definition) is 1. The highest BCUT2D eigenvalue weighted by molar-refractivity contribution is 7.12. The maximum Gasteiger partial charge on any atom is 0.331 e. The fourth-order valence-electron chi connectivity index (χ4n) is 1.94. The SMILES string of the molecule is Cc1ccc(C=C2C(=O)NC(=O)N(C(C)(C)C)C2=O)s1. The van der Waals surface area contributed by atoms with Crippen LogP contribution in [0, 0.1) is 6.92 Å². The molecule has 0 spiro atoms. The van der Waals surface area contributed by atoms with Crippen LogP contribution in [0.2, 0.25) is 0 Å². The number of carbonyl (C=O) groups excluding carboxylic acids is 3. The van der Waals surface area contributed by atoms with E-state index in [-0.39, 0.29) is 5.57 Å². The second kappa shape index (κ2) is 4.86. The first-order chi connectivity index (χ1) is 9.20. The standard InChI is InChI=1S/C14H16N2O3S/c1-8-5-6-9(20-8)7-10-11(17)15-13(19)16(12(10)18)14(2,3)4/h5-7H,1-4H3,(H,15,17,19). The van der Waals surface area contributed by atoms with Gasteiger partial charge in [0.25, 0.3) is 11.8 Å². The molecule has 20 heavy (non-hydrogen) atoms. The zero-order valence-electron chi connectivity index (χ0n) is 11.8. The number of thiophene rings is 1. The van der Waals surface area contributed by atoms with Crippen LogP contribution in [0.5, 0.6) is 0 Å². The molecule has 0 bridgehead atoms. The Morgan fingerprint density at radius 1 is 1.20 bits per heavy atom. The normalized spacial score (nSPS) is 18.7. The number of rotatable bonds is 1. The van der Waals surface area contributed by atoms with Crippen molar-refractivity contribution in [1.29, 1.82) is 0 Å². The quantitative estimate of drug-likeness (QED) is 0.638. The lowest BCUT2D eigenvalue weighted by Crippen LogP contribution is -2.60. The number of urea groups is 1. The summed E-state index contributed by atoms with van der Waals surface area (Å²) < 4.78 is 0. The number of nitrogens with one attached hydrogen (secondary N) is 1. The van der Waals surface area contributed by atoms with Crippen molar-refractivity contribution < 1.29 is 14.4 Å². The molecule has 1 fully saturated rings. The first kappa shape index (κ1) is 14.5. The molecule has 6 heteroatoms. The van der Waals surface area contributed by atoms with Crippen LogP contribution < -0.4 is 5.32 Å². The number of imide groups is 2. The van der Waals surface area contributed by atoms with E-state index in [2.05, 4.69) is 5.32 Å². The molecule has 0 aliphatic carbocycles. The van der Waals surface area contributed by atoms with E-state index in [1.54, 1.807) is 20.8 Å². The topological polar surface area (TPSA) is 66.5 Å². The molecule has 2 rings (SSSR count). The Labute approximate surface area is 121 Å². The Balaban J connectivity index is 2.42. The summed E-state index contributed by atoms with van der Waals surface area (Å²) in [5.41, 5.74) is -0.701. The van der Waals surface area contributed by atoms with Gasteiger partial charge in [-0.2, -0.15) is 0 Å². The van der Waals surface area contributed by atoms with E-state index in [1.807, 2.05) is 19.1 Å². The lowest BCUT2D eigenvalue weighted by molar-refractivity contribution is -0.133. The highest BCUT2D eigenvalue weighted by Crippen LogP contribution is 2.24. The number of nitrogens with zero attached hydrogens (tertiary/aromatic N) is 1. The number of carbonyl (C=O) groups is 3. The van der Waals surface area contributed by atoms with Gasteiger partial charge in [0.05, 0.1) is 0 Å². The summed E-state index contributed by atoms with van der Waals surface area (Å²) in [6.45, 7) is 7.17. The number of amides is 4. The van der Waals surface area contributed by atoms with Gasteiger partial charge in [0.1, 0.15) is 5.57 Å². The van der Waals surface area contributed by atoms with E-state index in [9.17, 15) is 14.4 Å². The summed E-state index contributed by atoms with van der Waals surface area (Å²) in [6.07, 6.45) is 1.53. The second-order valence-electron chi connectivity index (χ2n) is 5.58. The van der Waals surface area contributed by atoms with Gasteiger partial charge in [-0.05, 0) is 45.9 Å². The molecule has 1 saturated heterocycles. The van der Waals surface area contributed by atoms with E-state index in [0.717, 1.165) is 14.7 Å². The third-order valence-electron chi connectivity index (χ3n) is 2.82. The van der Waals surface area contributed by atoms with Crippen molar-refractivity contribution >= 4 is 35.3 Å². The van der Waals surface area contributed by atoms with Crippen LogP contribution in [0.15, 0.2) is 17.7 Å². The van der Waals surface area contributed by atoms with Gasteiger partial charge in [-0.15, -0.1) is 11.3 Å².